The Morgan fingerprint density at radius 2 is 1.72 bits per heavy atom. The Balaban J connectivity index is 1.92. The van der Waals surface area contributed by atoms with E-state index in [0.29, 0.717) is 0 Å². The molecule has 0 N–H and O–H groups in total. The molecular formula is C26H20O2S. The average molecular weight is 397 g/mol. The Kier molecular flexibility index (Phi) is 4.14. The fourth-order valence-corrected chi connectivity index (χ4v) is 5.48. The van der Waals surface area contributed by atoms with Crippen LogP contribution in [-0.4, -0.2) is 5.97 Å². The van der Waals surface area contributed by atoms with Crippen LogP contribution in [-0.2, 0) is 16.1 Å². The number of carbonyl (C=O) groups is 1. The van der Waals surface area contributed by atoms with Crippen molar-refractivity contribution < 1.29 is 9.53 Å². The minimum Gasteiger partial charge on any atom is -0.458 e. The van der Waals surface area contributed by atoms with E-state index in [-0.39, 0.29) is 6.61 Å². The highest BCUT2D eigenvalue weighted by atomic mass is 32.1. The van der Waals surface area contributed by atoms with Crippen LogP contribution in [0.15, 0.2) is 67.3 Å². The lowest BCUT2D eigenvalue weighted by Gasteiger charge is -2.12. The van der Waals surface area contributed by atoms with E-state index in [2.05, 4.69) is 75.0 Å². The summed E-state index contributed by atoms with van der Waals surface area (Å²) in [6, 6.07) is 19.5. The van der Waals surface area contributed by atoms with Gasteiger partial charge in [-0.15, -0.1) is 11.3 Å². The zero-order chi connectivity index (χ0) is 20.1. The molecule has 3 heteroatoms. The van der Waals surface area contributed by atoms with Crippen molar-refractivity contribution in [1.29, 1.82) is 0 Å². The first-order chi connectivity index (χ1) is 14.1. The fraction of sp³-hybridized carbons (Fsp3) is 0.115. The lowest BCUT2D eigenvalue weighted by atomic mass is 9.94. The van der Waals surface area contributed by atoms with Crippen molar-refractivity contribution in [3.05, 3.63) is 83.9 Å². The topological polar surface area (TPSA) is 26.3 Å². The minimum absolute atomic E-state index is 0.247. The lowest BCUT2D eigenvalue weighted by Crippen LogP contribution is -2.02. The third kappa shape index (κ3) is 2.73. The molecule has 0 spiro atoms. The molecule has 2 nitrogen and oxygen atoms in total. The van der Waals surface area contributed by atoms with E-state index in [1.165, 1.54) is 53.4 Å². The molecule has 0 aliphatic carbocycles. The van der Waals surface area contributed by atoms with Crippen molar-refractivity contribution in [3.8, 4) is 0 Å². The highest BCUT2D eigenvalue weighted by molar-refractivity contribution is 7.26. The Morgan fingerprint density at radius 1 is 0.966 bits per heavy atom. The molecule has 1 heterocycles. The maximum absolute atomic E-state index is 11.7. The molecular weight excluding hydrogens is 376 g/mol. The average Bonchev–Trinajstić information content (AvgIpc) is 3.11. The van der Waals surface area contributed by atoms with Gasteiger partial charge in [0.25, 0.3) is 0 Å². The van der Waals surface area contributed by atoms with Gasteiger partial charge in [0.2, 0.25) is 0 Å². The smallest absolute Gasteiger partial charge is 0.330 e. The molecule has 0 bridgehead atoms. The van der Waals surface area contributed by atoms with E-state index >= 15 is 0 Å². The second-order valence-electron chi connectivity index (χ2n) is 7.43. The van der Waals surface area contributed by atoms with E-state index in [4.69, 9.17) is 4.74 Å². The predicted molar refractivity (Wildman–Crippen MR) is 124 cm³/mol. The first-order valence-corrected chi connectivity index (χ1v) is 10.4. The fourth-order valence-electron chi connectivity index (χ4n) is 4.25. The van der Waals surface area contributed by atoms with Gasteiger partial charge < -0.3 is 4.74 Å². The molecule has 0 saturated heterocycles. The summed E-state index contributed by atoms with van der Waals surface area (Å²) < 4.78 is 8.01. The van der Waals surface area contributed by atoms with Gasteiger partial charge in [0, 0.05) is 31.8 Å². The van der Waals surface area contributed by atoms with Crippen molar-refractivity contribution in [2.75, 3.05) is 0 Å². The molecule has 0 aliphatic rings. The van der Waals surface area contributed by atoms with Crippen LogP contribution in [0.4, 0.5) is 0 Å². The van der Waals surface area contributed by atoms with Crippen molar-refractivity contribution in [1.82, 2.24) is 0 Å². The number of rotatable bonds is 3. The number of thiophene rings is 1. The molecule has 0 saturated carbocycles. The Hall–Kier alpha value is -3.17. The monoisotopic (exact) mass is 396 g/mol. The van der Waals surface area contributed by atoms with Gasteiger partial charge in [0.05, 0.1) is 0 Å². The Bertz CT molecular complexity index is 1460. The molecule has 0 aliphatic heterocycles. The van der Waals surface area contributed by atoms with Crippen LogP contribution in [0.1, 0.15) is 16.7 Å². The molecule has 0 amide bonds. The number of carbonyl (C=O) groups excluding carboxylic acids is 1. The summed E-state index contributed by atoms with van der Waals surface area (Å²) in [6.45, 7) is 8.00. The quantitative estimate of drug-likeness (QED) is 0.238. The summed E-state index contributed by atoms with van der Waals surface area (Å²) in [6.07, 6.45) is 1.21. The molecule has 5 rings (SSSR count). The number of aryl methyl sites for hydroxylation is 2. The van der Waals surface area contributed by atoms with E-state index in [0.717, 1.165) is 11.1 Å². The van der Waals surface area contributed by atoms with Crippen molar-refractivity contribution in [2.45, 2.75) is 20.5 Å². The van der Waals surface area contributed by atoms with Crippen LogP contribution >= 0.6 is 11.3 Å². The third-order valence-electron chi connectivity index (χ3n) is 5.70. The summed E-state index contributed by atoms with van der Waals surface area (Å²) in [5, 5.41) is 7.47. The number of benzene rings is 4. The maximum Gasteiger partial charge on any atom is 0.330 e. The van der Waals surface area contributed by atoms with Crippen LogP contribution in [0.2, 0.25) is 0 Å². The van der Waals surface area contributed by atoms with Crippen molar-refractivity contribution in [3.63, 3.8) is 0 Å². The number of hydrogen-bond acceptors (Lipinski definition) is 3. The number of fused-ring (bicyclic) bond motifs is 7. The highest BCUT2D eigenvalue weighted by Gasteiger charge is 2.16. The number of esters is 1. The number of hydrogen-bond donors (Lipinski definition) is 0. The number of ether oxygens (including phenoxy) is 1. The maximum atomic E-state index is 11.7. The SMILES string of the molecule is C=CC(=O)OCc1c(C)ccc2ccc3sc4c5ccccc5c(C)cc4c3c12. The zero-order valence-corrected chi connectivity index (χ0v) is 17.2. The van der Waals surface area contributed by atoms with Crippen molar-refractivity contribution >= 4 is 59.0 Å². The standard InChI is InChI=1S/C26H20O2S/c1-4-23(27)28-14-21-15(2)9-10-17-11-12-22-25(24(17)21)20-13-16(3)18-7-5-6-8-19(18)26(20)29-22/h4-13H,1,14H2,2-3H3. The molecule has 0 unspecified atom stereocenters. The third-order valence-corrected chi connectivity index (χ3v) is 6.90. The first-order valence-electron chi connectivity index (χ1n) is 9.63. The van der Waals surface area contributed by atoms with Gasteiger partial charge in [0.15, 0.2) is 0 Å². The van der Waals surface area contributed by atoms with E-state index < -0.39 is 5.97 Å². The molecule has 5 aromatic rings. The largest absolute Gasteiger partial charge is 0.458 e. The van der Waals surface area contributed by atoms with E-state index in [1.54, 1.807) is 0 Å². The van der Waals surface area contributed by atoms with E-state index in [1.807, 2.05) is 11.3 Å². The molecule has 0 fully saturated rings. The molecule has 4 aromatic carbocycles. The Morgan fingerprint density at radius 3 is 2.52 bits per heavy atom. The lowest BCUT2D eigenvalue weighted by molar-refractivity contribution is -0.138. The minimum atomic E-state index is -0.398. The van der Waals surface area contributed by atoms with Crippen LogP contribution in [0, 0.1) is 13.8 Å². The molecule has 0 radical (unpaired) electrons. The van der Waals surface area contributed by atoms with Gasteiger partial charge in [0.1, 0.15) is 6.61 Å². The van der Waals surface area contributed by atoms with Gasteiger partial charge in [-0.05, 0) is 58.7 Å². The molecule has 29 heavy (non-hydrogen) atoms. The van der Waals surface area contributed by atoms with Crippen LogP contribution in [0.3, 0.4) is 0 Å². The second-order valence-corrected chi connectivity index (χ2v) is 8.48. The van der Waals surface area contributed by atoms with Gasteiger partial charge in [-0.3, -0.25) is 0 Å². The van der Waals surface area contributed by atoms with Gasteiger partial charge in [-0.1, -0.05) is 49.0 Å². The van der Waals surface area contributed by atoms with E-state index in [9.17, 15) is 4.79 Å². The van der Waals surface area contributed by atoms with Crippen LogP contribution in [0.5, 0.6) is 0 Å². The Labute approximate surface area is 173 Å². The van der Waals surface area contributed by atoms with Crippen molar-refractivity contribution in [2.24, 2.45) is 0 Å². The molecule has 0 atom stereocenters. The highest BCUT2D eigenvalue weighted by Crippen LogP contribution is 2.44. The summed E-state index contributed by atoms with van der Waals surface area (Å²) in [7, 11) is 0. The summed E-state index contributed by atoms with van der Waals surface area (Å²) in [5.41, 5.74) is 3.46. The normalized spacial score (nSPS) is 11.5. The first kappa shape index (κ1) is 17.9. The molecule has 142 valence electrons. The molecule has 1 aromatic heterocycles. The van der Waals surface area contributed by atoms with Crippen LogP contribution in [0.25, 0.3) is 41.7 Å². The van der Waals surface area contributed by atoms with Gasteiger partial charge >= 0.3 is 5.97 Å². The summed E-state index contributed by atoms with van der Waals surface area (Å²) >= 11 is 1.83. The second kappa shape index (κ2) is 6.71. The van der Waals surface area contributed by atoms with Crippen LogP contribution < -0.4 is 0 Å². The predicted octanol–water partition coefficient (Wildman–Crippen LogP) is 7.21. The summed E-state index contributed by atoms with van der Waals surface area (Å²) in [5.74, 6) is -0.398. The zero-order valence-electron chi connectivity index (χ0n) is 16.4. The van der Waals surface area contributed by atoms with Gasteiger partial charge in [-0.25, -0.2) is 4.79 Å². The summed E-state index contributed by atoms with van der Waals surface area (Å²) in [4.78, 5) is 11.7. The van der Waals surface area contributed by atoms with Gasteiger partial charge in [-0.2, -0.15) is 0 Å².